The van der Waals surface area contributed by atoms with Crippen molar-refractivity contribution in [1.82, 2.24) is 9.36 Å². The van der Waals surface area contributed by atoms with Crippen molar-refractivity contribution < 1.29 is 4.74 Å². The molecule has 0 atom stereocenters. The molecule has 0 saturated heterocycles. The minimum atomic E-state index is 0.502. The molecule has 0 bridgehead atoms. The van der Waals surface area contributed by atoms with Gasteiger partial charge in [-0.2, -0.15) is 4.37 Å². The molecule has 16 heavy (non-hydrogen) atoms. The Bertz CT molecular complexity index is 310. The third-order valence-corrected chi connectivity index (χ3v) is 3.72. The summed E-state index contributed by atoms with van der Waals surface area (Å²) in [6.07, 6.45) is 6.90. The summed E-state index contributed by atoms with van der Waals surface area (Å²) in [6.45, 7) is 1.54. The van der Waals surface area contributed by atoms with Crippen molar-refractivity contribution in [2.24, 2.45) is 5.92 Å². The molecule has 1 heterocycles. The second-order valence-electron chi connectivity index (χ2n) is 4.33. The van der Waals surface area contributed by atoms with Gasteiger partial charge in [-0.15, -0.1) is 0 Å². The quantitative estimate of drug-likeness (QED) is 0.861. The molecule has 2 rings (SSSR count). The summed E-state index contributed by atoms with van der Waals surface area (Å²) < 4.78 is 9.20. The Kier molecular flexibility index (Phi) is 4.54. The molecule has 0 spiro atoms. The highest BCUT2D eigenvalue weighted by Crippen LogP contribution is 2.24. The first-order valence-corrected chi connectivity index (χ1v) is 6.71. The van der Waals surface area contributed by atoms with Crippen LogP contribution in [0, 0.1) is 5.92 Å². The van der Waals surface area contributed by atoms with Gasteiger partial charge in [0.05, 0.1) is 0 Å². The first kappa shape index (κ1) is 11.8. The smallest absolute Gasteiger partial charge is 0.202 e. The largest absolute Gasteiger partial charge is 0.377 e. The molecule has 1 aromatic heterocycles. The average Bonchev–Trinajstić information content (AvgIpc) is 2.76. The second kappa shape index (κ2) is 6.15. The van der Waals surface area contributed by atoms with Crippen molar-refractivity contribution in [3.05, 3.63) is 5.82 Å². The van der Waals surface area contributed by atoms with E-state index < -0.39 is 0 Å². The highest BCUT2D eigenvalue weighted by molar-refractivity contribution is 7.09. The van der Waals surface area contributed by atoms with Gasteiger partial charge in [-0.05, 0) is 18.8 Å². The Morgan fingerprint density at radius 1 is 1.38 bits per heavy atom. The normalized spacial score (nSPS) is 17.6. The molecule has 1 saturated carbocycles. The van der Waals surface area contributed by atoms with Crippen molar-refractivity contribution >= 4 is 16.7 Å². The average molecular weight is 241 g/mol. The highest BCUT2D eigenvalue weighted by Gasteiger charge is 2.13. The van der Waals surface area contributed by atoms with E-state index in [2.05, 4.69) is 14.7 Å². The van der Waals surface area contributed by atoms with Gasteiger partial charge in [0.25, 0.3) is 0 Å². The maximum atomic E-state index is 4.99. The first-order chi connectivity index (χ1) is 7.88. The fraction of sp³-hybridized carbons (Fsp3) is 0.818. The van der Waals surface area contributed by atoms with Gasteiger partial charge in [-0.25, -0.2) is 4.98 Å². The lowest BCUT2D eigenvalue weighted by molar-refractivity contribution is 0.179. The summed E-state index contributed by atoms with van der Waals surface area (Å²) in [5.74, 6) is 1.60. The van der Waals surface area contributed by atoms with Crippen molar-refractivity contribution in [2.45, 2.75) is 38.7 Å². The maximum absolute atomic E-state index is 4.99. The Labute approximate surface area is 101 Å². The molecule has 0 radical (unpaired) electrons. The van der Waals surface area contributed by atoms with Crippen LogP contribution in [-0.2, 0) is 11.3 Å². The number of ether oxygens (including phenoxy) is 1. The third-order valence-electron chi connectivity index (χ3n) is 3.01. The zero-order valence-corrected chi connectivity index (χ0v) is 10.6. The number of aromatic nitrogens is 2. The van der Waals surface area contributed by atoms with Crippen LogP contribution in [0.15, 0.2) is 0 Å². The van der Waals surface area contributed by atoms with E-state index in [1.807, 2.05) is 0 Å². The van der Waals surface area contributed by atoms with Gasteiger partial charge in [0, 0.05) is 25.2 Å². The van der Waals surface area contributed by atoms with Crippen LogP contribution in [0.3, 0.4) is 0 Å². The molecule has 0 aromatic carbocycles. The van der Waals surface area contributed by atoms with E-state index in [0.717, 1.165) is 23.4 Å². The monoisotopic (exact) mass is 241 g/mol. The molecule has 5 heteroatoms. The van der Waals surface area contributed by atoms with E-state index in [1.165, 1.54) is 43.6 Å². The van der Waals surface area contributed by atoms with Crippen LogP contribution < -0.4 is 5.32 Å². The number of hydrogen-bond donors (Lipinski definition) is 1. The Balaban J connectivity index is 1.75. The van der Waals surface area contributed by atoms with Crippen LogP contribution in [-0.4, -0.2) is 23.0 Å². The van der Waals surface area contributed by atoms with E-state index in [4.69, 9.17) is 4.74 Å². The number of rotatable bonds is 5. The van der Waals surface area contributed by atoms with Crippen LogP contribution in [0.4, 0.5) is 5.13 Å². The van der Waals surface area contributed by atoms with Crippen LogP contribution in [0.1, 0.15) is 37.9 Å². The maximum Gasteiger partial charge on any atom is 0.202 e. The molecule has 1 fully saturated rings. The Hall–Kier alpha value is -0.680. The number of methoxy groups -OCH3 is 1. The molecule has 0 aliphatic heterocycles. The predicted octanol–water partition coefficient (Wildman–Crippen LogP) is 2.68. The first-order valence-electron chi connectivity index (χ1n) is 5.94. The van der Waals surface area contributed by atoms with Crippen LogP contribution in [0.2, 0.25) is 0 Å². The summed E-state index contributed by atoms with van der Waals surface area (Å²) in [6, 6.07) is 0. The summed E-state index contributed by atoms with van der Waals surface area (Å²) in [5.41, 5.74) is 0. The molecule has 1 aliphatic carbocycles. The van der Waals surface area contributed by atoms with Crippen LogP contribution in [0.5, 0.6) is 0 Å². The molecular weight excluding hydrogens is 222 g/mol. The molecule has 0 amide bonds. The summed E-state index contributed by atoms with van der Waals surface area (Å²) in [5, 5.41) is 4.31. The predicted molar refractivity (Wildman–Crippen MR) is 65.7 cm³/mol. The van der Waals surface area contributed by atoms with Crippen molar-refractivity contribution in [3.63, 3.8) is 0 Å². The van der Waals surface area contributed by atoms with Gasteiger partial charge in [0.1, 0.15) is 6.61 Å². The number of nitrogens with one attached hydrogen (secondary N) is 1. The van der Waals surface area contributed by atoms with E-state index in [0.29, 0.717) is 6.61 Å². The summed E-state index contributed by atoms with van der Waals surface area (Å²) in [7, 11) is 1.66. The van der Waals surface area contributed by atoms with E-state index >= 15 is 0 Å². The van der Waals surface area contributed by atoms with E-state index in [9.17, 15) is 0 Å². The standard InChI is InChI=1S/C11H19N3OS/c1-15-8-10-13-11(16-14-10)12-7-9-5-3-2-4-6-9/h9H,2-8H2,1H3,(H,12,13,14). The molecule has 4 nitrogen and oxygen atoms in total. The van der Waals surface area contributed by atoms with Crippen molar-refractivity contribution in [3.8, 4) is 0 Å². The lowest BCUT2D eigenvalue weighted by atomic mass is 9.89. The zero-order chi connectivity index (χ0) is 11.2. The topological polar surface area (TPSA) is 47.0 Å². The fourth-order valence-corrected chi connectivity index (χ4v) is 2.72. The molecule has 1 aliphatic rings. The van der Waals surface area contributed by atoms with Gasteiger partial charge >= 0.3 is 0 Å². The van der Waals surface area contributed by atoms with Gasteiger partial charge in [-0.1, -0.05) is 19.3 Å². The number of nitrogens with zero attached hydrogens (tertiary/aromatic N) is 2. The number of hydrogen-bond acceptors (Lipinski definition) is 5. The fourth-order valence-electron chi connectivity index (χ4n) is 2.14. The SMILES string of the molecule is COCc1nsc(NCC2CCCCC2)n1. The van der Waals surface area contributed by atoms with Crippen molar-refractivity contribution in [2.75, 3.05) is 19.0 Å². The van der Waals surface area contributed by atoms with E-state index in [1.54, 1.807) is 7.11 Å². The molecule has 0 unspecified atom stereocenters. The van der Waals surface area contributed by atoms with Gasteiger partial charge in [-0.3, -0.25) is 0 Å². The number of anilines is 1. The lowest BCUT2D eigenvalue weighted by Crippen LogP contribution is -2.16. The van der Waals surface area contributed by atoms with Crippen molar-refractivity contribution in [1.29, 1.82) is 0 Å². The molecule has 1 N–H and O–H groups in total. The lowest BCUT2D eigenvalue weighted by Gasteiger charge is -2.21. The molecular formula is C11H19N3OS. The van der Waals surface area contributed by atoms with E-state index in [-0.39, 0.29) is 0 Å². The molecule has 90 valence electrons. The van der Waals surface area contributed by atoms with Crippen LogP contribution in [0.25, 0.3) is 0 Å². The van der Waals surface area contributed by atoms with Gasteiger partial charge in [0.15, 0.2) is 5.82 Å². The Morgan fingerprint density at radius 3 is 2.94 bits per heavy atom. The summed E-state index contributed by atoms with van der Waals surface area (Å²) >= 11 is 1.43. The Morgan fingerprint density at radius 2 is 2.19 bits per heavy atom. The highest BCUT2D eigenvalue weighted by atomic mass is 32.1. The van der Waals surface area contributed by atoms with Crippen LogP contribution >= 0.6 is 11.5 Å². The second-order valence-corrected chi connectivity index (χ2v) is 5.09. The summed E-state index contributed by atoms with van der Waals surface area (Å²) in [4.78, 5) is 4.36. The third kappa shape index (κ3) is 3.42. The van der Waals surface area contributed by atoms with Gasteiger partial charge in [0.2, 0.25) is 5.13 Å². The van der Waals surface area contributed by atoms with Gasteiger partial charge < -0.3 is 10.1 Å². The minimum absolute atomic E-state index is 0.502. The minimum Gasteiger partial charge on any atom is -0.377 e. The molecule has 1 aromatic rings. The zero-order valence-electron chi connectivity index (χ0n) is 9.74.